The molecule has 4 aliphatic rings. The van der Waals surface area contributed by atoms with E-state index in [2.05, 4.69) is 66.9 Å². The maximum absolute atomic E-state index is 13.2. The quantitative estimate of drug-likeness (QED) is 0.800. The molecule has 5 atom stereocenters. The maximum atomic E-state index is 13.2. The average molecular weight is 341 g/mol. The van der Waals surface area contributed by atoms with Crippen molar-refractivity contribution in [1.82, 2.24) is 0 Å². The first kappa shape index (κ1) is 15.6. The highest BCUT2D eigenvalue weighted by Crippen LogP contribution is 2.59. The number of hydrogen-bond acceptors (Lipinski definition) is 1. The van der Waals surface area contributed by atoms with Crippen LogP contribution in [0.5, 0.6) is 0 Å². The summed E-state index contributed by atoms with van der Waals surface area (Å²) in [4.78, 5) is 13.2. The van der Waals surface area contributed by atoms with Gasteiger partial charge in [-0.3, -0.25) is 4.79 Å². The number of rotatable bonds is 2. The van der Waals surface area contributed by atoms with E-state index in [1.807, 2.05) is 18.2 Å². The van der Waals surface area contributed by atoms with E-state index in [1.54, 1.807) is 0 Å². The van der Waals surface area contributed by atoms with Crippen molar-refractivity contribution in [1.29, 1.82) is 0 Å². The number of fused-ring (bicyclic) bond motifs is 1. The van der Waals surface area contributed by atoms with Crippen LogP contribution in [0, 0.1) is 24.7 Å². The molecule has 1 amide bonds. The third-order valence-electron chi connectivity index (χ3n) is 6.42. The Balaban J connectivity index is 1.51. The SMILES string of the molecule is Cc1cccc(NC(=O)[C@@H]2C[C@@H]3c4ccccc4[C@@H]2[C@H]2C=CC=C[C@@H]23)c1. The Bertz CT molecular complexity index is 925. The normalized spacial score (nSPS) is 30.6. The number of benzene rings is 2. The van der Waals surface area contributed by atoms with Gasteiger partial charge < -0.3 is 5.32 Å². The highest BCUT2D eigenvalue weighted by atomic mass is 16.1. The summed E-state index contributed by atoms with van der Waals surface area (Å²) < 4.78 is 0. The number of carbonyl (C=O) groups is 1. The molecule has 1 N–H and O–H groups in total. The predicted octanol–water partition coefficient (Wildman–Crippen LogP) is 5.19. The van der Waals surface area contributed by atoms with Crippen molar-refractivity contribution in [2.24, 2.45) is 17.8 Å². The van der Waals surface area contributed by atoms with Crippen molar-refractivity contribution in [3.63, 3.8) is 0 Å². The van der Waals surface area contributed by atoms with E-state index in [4.69, 9.17) is 0 Å². The van der Waals surface area contributed by atoms with Crippen LogP contribution in [0.3, 0.4) is 0 Å². The molecule has 4 aliphatic carbocycles. The minimum Gasteiger partial charge on any atom is -0.326 e. The molecule has 2 nitrogen and oxygen atoms in total. The van der Waals surface area contributed by atoms with E-state index < -0.39 is 0 Å². The van der Waals surface area contributed by atoms with Crippen molar-refractivity contribution in [3.8, 4) is 0 Å². The summed E-state index contributed by atoms with van der Waals surface area (Å²) in [5.74, 6) is 1.88. The number of anilines is 1. The van der Waals surface area contributed by atoms with E-state index in [0.29, 0.717) is 17.8 Å². The highest BCUT2D eigenvalue weighted by molar-refractivity contribution is 5.94. The van der Waals surface area contributed by atoms with Gasteiger partial charge in [-0.05, 0) is 59.9 Å². The van der Waals surface area contributed by atoms with Crippen molar-refractivity contribution in [2.75, 3.05) is 5.32 Å². The number of carbonyl (C=O) groups excluding carboxylic acids is 1. The van der Waals surface area contributed by atoms with Gasteiger partial charge in [-0.25, -0.2) is 0 Å². The first-order valence-corrected chi connectivity index (χ1v) is 9.54. The molecule has 0 radical (unpaired) electrons. The van der Waals surface area contributed by atoms with Crippen LogP contribution in [0.25, 0.3) is 0 Å². The van der Waals surface area contributed by atoms with E-state index in [0.717, 1.165) is 12.1 Å². The topological polar surface area (TPSA) is 29.1 Å². The number of allylic oxidation sites excluding steroid dienone is 4. The molecule has 0 aliphatic heterocycles. The van der Waals surface area contributed by atoms with Crippen LogP contribution in [0.1, 0.15) is 34.9 Å². The molecule has 0 spiro atoms. The van der Waals surface area contributed by atoms with Crippen LogP contribution in [0.4, 0.5) is 5.69 Å². The summed E-state index contributed by atoms with van der Waals surface area (Å²) in [6.07, 6.45) is 9.95. The Morgan fingerprint density at radius 1 is 0.962 bits per heavy atom. The molecule has 6 rings (SSSR count). The van der Waals surface area contributed by atoms with Gasteiger partial charge in [0.15, 0.2) is 0 Å². The Hall–Kier alpha value is -2.61. The number of nitrogens with one attached hydrogen (secondary N) is 1. The van der Waals surface area contributed by atoms with Crippen molar-refractivity contribution in [2.45, 2.75) is 25.2 Å². The van der Waals surface area contributed by atoms with Crippen LogP contribution in [-0.4, -0.2) is 5.91 Å². The molecule has 2 aromatic rings. The van der Waals surface area contributed by atoms with Gasteiger partial charge in [0.25, 0.3) is 0 Å². The molecule has 0 heterocycles. The summed E-state index contributed by atoms with van der Waals surface area (Å²) in [6, 6.07) is 16.8. The second kappa shape index (κ2) is 5.98. The zero-order valence-electron chi connectivity index (χ0n) is 14.9. The second-order valence-corrected chi connectivity index (χ2v) is 7.89. The lowest BCUT2D eigenvalue weighted by molar-refractivity contribution is -0.122. The fraction of sp³-hybridized carbons (Fsp3) is 0.292. The molecule has 1 fully saturated rings. The fourth-order valence-electron chi connectivity index (χ4n) is 5.39. The third-order valence-corrected chi connectivity index (χ3v) is 6.42. The number of aryl methyl sites for hydroxylation is 1. The Kier molecular flexibility index (Phi) is 3.59. The summed E-state index contributed by atoms with van der Waals surface area (Å²) in [6.45, 7) is 2.05. The Labute approximate surface area is 154 Å². The van der Waals surface area contributed by atoms with E-state index >= 15 is 0 Å². The molecule has 2 bridgehead atoms. The number of hydrogen-bond donors (Lipinski definition) is 1. The van der Waals surface area contributed by atoms with Gasteiger partial charge in [0.05, 0.1) is 0 Å². The van der Waals surface area contributed by atoms with Gasteiger partial charge in [0, 0.05) is 17.5 Å². The maximum Gasteiger partial charge on any atom is 0.228 e. The molecule has 1 saturated carbocycles. The first-order chi connectivity index (χ1) is 12.7. The monoisotopic (exact) mass is 341 g/mol. The average Bonchev–Trinajstić information content (AvgIpc) is 2.68. The van der Waals surface area contributed by atoms with E-state index in [9.17, 15) is 4.79 Å². The summed E-state index contributed by atoms with van der Waals surface area (Å²) in [5, 5.41) is 3.18. The van der Waals surface area contributed by atoms with Gasteiger partial charge >= 0.3 is 0 Å². The molecule has 130 valence electrons. The molecule has 26 heavy (non-hydrogen) atoms. The van der Waals surface area contributed by atoms with Crippen molar-refractivity contribution in [3.05, 3.63) is 89.5 Å². The second-order valence-electron chi connectivity index (χ2n) is 7.89. The third kappa shape index (κ3) is 2.36. The van der Waals surface area contributed by atoms with Crippen molar-refractivity contribution >= 4 is 11.6 Å². The lowest BCUT2D eigenvalue weighted by Crippen LogP contribution is -2.46. The zero-order valence-corrected chi connectivity index (χ0v) is 14.9. The molecule has 0 unspecified atom stereocenters. The smallest absolute Gasteiger partial charge is 0.228 e. The predicted molar refractivity (Wildman–Crippen MR) is 105 cm³/mol. The lowest BCUT2D eigenvalue weighted by atomic mass is 9.51. The first-order valence-electron chi connectivity index (χ1n) is 9.54. The van der Waals surface area contributed by atoms with Crippen molar-refractivity contribution < 1.29 is 4.79 Å². The minimum atomic E-state index is 0.0350. The van der Waals surface area contributed by atoms with Crippen LogP contribution < -0.4 is 5.32 Å². The number of amides is 1. The van der Waals surface area contributed by atoms with Crippen LogP contribution in [0.15, 0.2) is 72.8 Å². The largest absolute Gasteiger partial charge is 0.326 e. The molecule has 0 aromatic heterocycles. The summed E-state index contributed by atoms with van der Waals surface area (Å²) in [5.41, 5.74) is 4.91. The van der Waals surface area contributed by atoms with Crippen LogP contribution in [-0.2, 0) is 4.79 Å². The molecule has 0 saturated heterocycles. The summed E-state index contributed by atoms with van der Waals surface area (Å²) in [7, 11) is 0. The zero-order chi connectivity index (χ0) is 17.7. The van der Waals surface area contributed by atoms with Gasteiger partial charge in [-0.1, -0.05) is 60.7 Å². The Morgan fingerprint density at radius 3 is 2.54 bits per heavy atom. The minimum absolute atomic E-state index is 0.0350. The van der Waals surface area contributed by atoms with Gasteiger partial charge in [0.1, 0.15) is 0 Å². The molecule has 2 heteroatoms. The van der Waals surface area contributed by atoms with Crippen LogP contribution >= 0.6 is 0 Å². The molecule has 2 aromatic carbocycles. The van der Waals surface area contributed by atoms with Gasteiger partial charge in [-0.15, -0.1) is 0 Å². The van der Waals surface area contributed by atoms with Crippen LogP contribution in [0.2, 0.25) is 0 Å². The summed E-state index contributed by atoms with van der Waals surface area (Å²) >= 11 is 0. The lowest BCUT2D eigenvalue weighted by Gasteiger charge is -2.52. The molecular weight excluding hydrogens is 318 g/mol. The fourth-order valence-corrected chi connectivity index (χ4v) is 5.39. The Morgan fingerprint density at radius 2 is 1.73 bits per heavy atom. The van der Waals surface area contributed by atoms with Gasteiger partial charge in [0.2, 0.25) is 5.91 Å². The van der Waals surface area contributed by atoms with Gasteiger partial charge in [-0.2, -0.15) is 0 Å². The standard InChI is InChI=1S/C24H23NO/c1-15-7-6-8-16(13-15)25-24(26)22-14-21-17-9-2-4-11-19(17)23(22)20-12-5-3-10-18(20)21/h2-13,17,19,21-23H,14H2,1H3,(H,25,26)/t17-,19-,21-,22+,23-/m0/s1. The van der Waals surface area contributed by atoms with E-state index in [-0.39, 0.29) is 17.7 Å². The van der Waals surface area contributed by atoms with E-state index in [1.165, 1.54) is 16.7 Å². The molecular formula is C24H23NO. The highest BCUT2D eigenvalue weighted by Gasteiger charge is 2.51.